The van der Waals surface area contributed by atoms with Crippen LogP contribution in [0.15, 0.2) is 35.7 Å². The summed E-state index contributed by atoms with van der Waals surface area (Å²) < 4.78 is 5.52. The maximum absolute atomic E-state index is 10.8. The second-order valence-corrected chi connectivity index (χ2v) is 4.89. The predicted molar refractivity (Wildman–Crippen MR) is 76.2 cm³/mol. The van der Waals surface area contributed by atoms with Crippen LogP contribution in [0, 0.1) is 0 Å². The number of carboxylic acids is 1. The lowest BCUT2D eigenvalue weighted by atomic mass is 10.2. The Morgan fingerprint density at radius 2 is 2.21 bits per heavy atom. The molecule has 0 bridgehead atoms. The largest absolute Gasteiger partial charge is 0.492 e. The lowest BCUT2D eigenvalue weighted by Crippen LogP contribution is -2.01. The highest BCUT2D eigenvalue weighted by atomic mass is 32.1. The molecule has 2 aromatic rings. The number of nitrogens with one attached hydrogen (secondary N) is 1. The van der Waals surface area contributed by atoms with Crippen LogP contribution < -0.4 is 10.1 Å². The summed E-state index contributed by atoms with van der Waals surface area (Å²) in [6.07, 6.45) is 0. The van der Waals surface area contributed by atoms with E-state index < -0.39 is 5.97 Å². The smallest absolute Gasteiger partial charge is 0.336 e. The molecule has 0 atom stereocenters. The van der Waals surface area contributed by atoms with Crippen LogP contribution in [0.3, 0.4) is 0 Å². The van der Waals surface area contributed by atoms with Crippen LogP contribution in [0.5, 0.6) is 5.75 Å². The normalized spacial score (nSPS) is 10.2. The first-order valence-corrected chi connectivity index (χ1v) is 6.85. The van der Waals surface area contributed by atoms with Gasteiger partial charge < -0.3 is 15.2 Å². The van der Waals surface area contributed by atoms with Crippen LogP contribution in [-0.4, -0.2) is 17.7 Å². The van der Waals surface area contributed by atoms with Crippen molar-refractivity contribution < 1.29 is 14.6 Å². The third-order valence-electron chi connectivity index (χ3n) is 2.54. The third-order valence-corrected chi connectivity index (χ3v) is 3.48. The number of anilines is 1. The van der Waals surface area contributed by atoms with Gasteiger partial charge in [-0.2, -0.15) is 0 Å². The fourth-order valence-electron chi connectivity index (χ4n) is 1.66. The van der Waals surface area contributed by atoms with E-state index in [9.17, 15) is 4.79 Å². The number of benzene rings is 1. The van der Waals surface area contributed by atoms with Crippen LogP contribution in [0.1, 0.15) is 22.2 Å². The summed E-state index contributed by atoms with van der Waals surface area (Å²) in [5.74, 6) is -0.0859. The molecule has 0 amide bonds. The molecule has 0 saturated heterocycles. The van der Waals surface area contributed by atoms with Gasteiger partial charge >= 0.3 is 5.97 Å². The molecular formula is C14H15NO3S. The van der Waals surface area contributed by atoms with Crippen molar-refractivity contribution in [3.05, 3.63) is 46.2 Å². The Bertz CT molecular complexity index is 565. The number of aromatic carboxylic acids is 1. The van der Waals surface area contributed by atoms with E-state index in [1.54, 1.807) is 11.4 Å². The highest BCUT2D eigenvalue weighted by Gasteiger charge is 2.07. The van der Waals surface area contributed by atoms with Gasteiger partial charge in [0, 0.05) is 16.8 Å². The third kappa shape index (κ3) is 3.48. The number of rotatable bonds is 6. The van der Waals surface area contributed by atoms with Crippen LogP contribution in [-0.2, 0) is 6.54 Å². The molecule has 0 aliphatic rings. The van der Waals surface area contributed by atoms with Gasteiger partial charge in [-0.05, 0) is 25.1 Å². The molecule has 5 heteroatoms. The van der Waals surface area contributed by atoms with Crippen molar-refractivity contribution in [1.82, 2.24) is 0 Å². The molecule has 0 saturated carbocycles. The van der Waals surface area contributed by atoms with Gasteiger partial charge in [0.2, 0.25) is 0 Å². The molecular weight excluding hydrogens is 262 g/mol. The molecule has 0 unspecified atom stereocenters. The first-order chi connectivity index (χ1) is 9.20. The highest BCUT2D eigenvalue weighted by molar-refractivity contribution is 7.10. The minimum Gasteiger partial charge on any atom is -0.492 e. The van der Waals surface area contributed by atoms with Gasteiger partial charge in [-0.3, -0.25) is 0 Å². The van der Waals surface area contributed by atoms with Crippen molar-refractivity contribution in [3.8, 4) is 5.75 Å². The summed E-state index contributed by atoms with van der Waals surface area (Å²) in [5.41, 5.74) is 1.24. The van der Waals surface area contributed by atoms with E-state index in [0.717, 1.165) is 16.3 Å². The molecule has 0 radical (unpaired) electrons. The summed E-state index contributed by atoms with van der Waals surface area (Å²) in [4.78, 5) is 11.8. The fourth-order valence-corrected chi connectivity index (χ4v) is 2.46. The second-order valence-electron chi connectivity index (χ2n) is 3.89. The van der Waals surface area contributed by atoms with E-state index in [2.05, 4.69) is 5.32 Å². The minimum atomic E-state index is -0.891. The monoisotopic (exact) mass is 277 g/mol. The van der Waals surface area contributed by atoms with Crippen LogP contribution in [0.25, 0.3) is 0 Å². The molecule has 100 valence electrons. The first kappa shape index (κ1) is 13.4. The Balaban J connectivity index is 2.03. The first-order valence-electron chi connectivity index (χ1n) is 5.97. The average Bonchev–Trinajstić information content (AvgIpc) is 2.87. The molecule has 0 aliphatic carbocycles. The van der Waals surface area contributed by atoms with E-state index >= 15 is 0 Å². The Labute approximate surface area is 115 Å². The van der Waals surface area contributed by atoms with E-state index in [-0.39, 0.29) is 0 Å². The van der Waals surface area contributed by atoms with Gasteiger partial charge in [0.05, 0.1) is 17.9 Å². The maximum atomic E-state index is 10.8. The summed E-state index contributed by atoms with van der Waals surface area (Å²) >= 11 is 1.43. The lowest BCUT2D eigenvalue weighted by Gasteiger charge is -2.11. The van der Waals surface area contributed by atoms with Gasteiger partial charge in [0.25, 0.3) is 0 Å². The molecule has 0 aliphatic heterocycles. The average molecular weight is 277 g/mol. The molecule has 0 spiro atoms. The van der Waals surface area contributed by atoms with Crippen LogP contribution >= 0.6 is 11.3 Å². The Kier molecular flexibility index (Phi) is 4.41. The predicted octanol–water partition coefficient (Wildman–Crippen LogP) is 3.46. The Morgan fingerprint density at radius 3 is 2.89 bits per heavy atom. The van der Waals surface area contributed by atoms with E-state index in [1.807, 2.05) is 31.2 Å². The van der Waals surface area contributed by atoms with E-state index in [0.29, 0.717) is 18.7 Å². The lowest BCUT2D eigenvalue weighted by molar-refractivity contribution is 0.0697. The van der Waals surface area contributed by atoms with Crippen molar-refractivity contribution in [3.63, 3.8) is 0 Å². The minimum absolute atomic E-state index is 0.333. The molecule has 1 aromatic carbocycles. The van der Waals surface area contributed by atoms with Gasteiger partial charge in [-0.25, -0.2) is 4.79 Å². The standard InChI is InChI=1S/C14H15NO3S/c1-2-18-13-6-4-3-5-12(13)15-8-11-7-10(9-19-11)14(16)17/h3-7,9,15H,2,8H2,1H3,(H,16,17). The zero-order valence-electron chi connectivity index (χ0n) is 10.6. The molecule has 1 heterocycles. The Morgan fingerprint density at radius 1 is 1.42 bits per heavy atom. The van der Waals surface area contributed by atoms with Gasteiger partial charge in [-0.15, -0.1) is 11.3 Å². The molecule has 4 nitrogen and oxygen atoms in total. The van der Waals surface area contributed by atoms with Crippen molar-refractivity contribution in [2.75, 3.05) is 11.9 Å². The number of ether oxygens (including phenoxy) is 1. The zero-order valence-corrected chi connectivity index (χ0v) is 11.4. The van der Waals surface area contributed by atoms with Gasteiger partial charge in [0.15, 0.2) is 0 Å². The van der Waals surface area contributed by atoms with Crippen molar-refractivity contribution in [1.29, 1.82) is 0 Å². The van der Waals surface area contributed by atoms with Crippen molar-refractivity contribution in [2.24, 2.45) is 0 Å². The number of carbonyl (C=O) groups is 1. The van der Waals surface area contributed by atoms with E-state index in [1.165, 1.54) is 11.3 Å². The quantitative estimate of drug-likeness (QED) is 0.849. The molecule has 19 heavy (non-hydrogen) atoms. The maximum Gasteiger partial charge on any atom is 0.336 e. The molecule has 2 N–H and O–H groups in total. The highest BCUT2D eigenvalue weighted by Crippen LogP contribution is 2.25. The van der Waals surface area contributed by atoms with Crippen molar-refractivity contribution >= 4 is 23.0 Å². The number of carboxylic acid groups (broad SMARTS) is 1. The molecule has 0 fully saturated rings. The van der Waals surface area contributed by atoms with Gasteiger partial charge in [-0.1, -0.05) is 12.1 Å². The molecule has 2 rings (SSSR count). The van der Waals surface area contributed by atoms with E-state index in [4.69, 9.17) is 9.84 Å². The summed E-state index contributed by atoms with van der Waals surface area (Å²) in [7, 11) is 0. The summed E-state index contributed by atoms with van der Waals surface area (Å²) in [6, 6.07) is 9.38. The molecule has 1 aromatic heterocycles. The SMILES string of the molecule is CCOc1ccccc1NCc1cc(C(=O)O)cs1. The second kappa shape index (κ2) is 6.24. The Hall–Kier alpha value is -2.01. The van der Waals surface area contributed by atoms with Crippen LogP contribution in [0.4, 0.5) is 5.69 Å². The van der Waals surface area contributed by atoms with Gasteiger partial charge in [0.1, 0.15) is 5.75 Å². The van der Waals surface area contributed by atoms with Crippen LogP contribution in [0.2, 0.25) is 0 Å². The number of hydrogen-bond donors (Lipinski definition) is 2. The number of para-hydroxylation sites is 2. The summed E-state index contributed by atoms with van der Waals surface area (Å²) in [6.45, 7) is 3.14. The topological polar surface area (TPSA) is 58.6 Å². The van der Waals surface area contributed by atoms with Crippen molar-refractivity contribution in [2.45, 2.75) is 13.5 Å². The zero-order chi connectivity index (χ0) is 13.7. The number of hydrogen-bond acceptors (Lipinski definition) is 4. The number of thiophene rings is 1. The summed E-state index contributed by atoms with van der Waals surface area (Å²) in [5, 5.41) is 13.8. The fraction of sp³-hybridized carbons (Fsp3) is 0.214.